The maximum absolute atomic E-state index is 13.1. The maximum Gasteiger partial charge on any atom is 0.310 e. The van der Waals surface area contributed by atoms with Gasteiger partial charge in [0.05, 0.1) is 13.0 Å². The smallest absolute Gasteiger partial charge is 0.310 e. The minimum atomic E-state index is -0.288. The molecule has 2 rings (SSSR count). The summed E-state index contributed by atoms with van der Waals surface area (Å²) in [5.41, 5.74) is 2.42. The van der Waals surface area contributed by atoms with Crippen LogP contribution in [0.5, 0.6) is 0 Å². The number of rotatable bonds is 7. The van der Waals surface area contributed by atoms with Crippen molar-refractivity contribution >= 4 is 11.9 Å². The van der Waals surface area contributed by atoms with Crippen molar-refractivity contribution in [1.29, 1.82) is 0 Å². The van der Waals surface area contributed by atoms with E-state index in [0.717, 1.165) is 19.3 Å². The number of hydrogen-bond acceptors (Lipinski definition) is 3. The third kappa shape index (κ3) is 7.00. The summed E-state index contributed by atoms with van der Waals surface area (Å²) in [7, 11) is 1.41. The van der Waals surface area contributed by atoms with E-state index in [1.807, 2.05) is 11.8 Å². The summed E-state index contributed by atoms with van der Waals surface area (Å²) in [5, 5.41) is 0. The highest BCUT2D eigenvalue weighted by molar-refractivity contribution is 5.78. The number of hydrogen-bond donors (Lipinski definition) is 0. The van der Waals surface area contributed by atoms with Gasteiger partial charge in [0.2, 0.25) is 5.91 Å². The second-order valence-corrected chi connectivity index (χ2v) is 7.95. The number of methoxy groups -OCH3 is 1. The minimum Gasteiger partial charge on any atom is -0.469 e. The first kappa shape index (κ1) is 21.5. The molecule has 0 aromatic heterocycles. The van der Waals surface area contributed by atoms with Gasteiger partial charge in [0.15, 0.2) is 0 Å². The Morgan fingerprint density at radius 2 is 1.67 bits per heavy atom. The molecule has 1 saturated carbocycles. The SMILES string of the molecule is COC(=O)C(C)CN(C(=O)CCc1ccc(C)cc1)C1CCCCCCC1. The van der Waals surface area contributed by atoms with E-state index in [-0.39, 0.29) is 23.8 Å². The lowest BCUT2D eigenvalue weighted by molar-refractivity contribution is -0.147. The zero-order valence-electron chi connectivity index (χ0n) is 17.2. The van der Waals surface area contributed by atoms with E-state index >= 15 is 0 Å². The highest BCUT2D eigenvalue weighted by Crippen LogP contribution is 2.23. The van der Waals surface area contributed by atoms with Crippen molar-refractivity contribution < 1.29 is 14.3 Å². The van der Waals surface area contributed by atoms with Crippen LogP contribution in [0.1, 0.15) is 69.4 Å². The molecule has 0 spiro atoms. The van der Waals surface area contributed by atoms with Crippen molar-refractivity contribution in [3.05, 3.63) is 35.4 Å². The third-order valence-corrected chi connectivity index (χ3v) is 5.66. The zero-order valence-corrected chi connectivity index (χ0v) is 17.2. The fourth-order valence-corrected chi connectivity index (χ4v) is 3.92. The number of carbonyl (C=O) groups is 2. The summed E-state index contributed by atoms with van der Waals surface area (Å²) in [6.45, 7) is 4.39. The Morgan fingerprint density at radius 1 is 1.07 bits per heavy atom. The van der Waals surface area contributed by atoms with E-state index in [2.05, 4.69) is 31.2 Å². The van der Waals surface area contributed by atoms with Crippen LogP contribution in [0.4, 0.5) is 0 Å². The number of ether oxygens (including phenoxy) is 1. The Hall–Kier alpha value is -1.84. The van der Waals surface area contributed by atoms with Crippen LogP contribution >= 0.6 is 0 Å². The molecule has 1 amide bonds. The van der Waals surface area contributed by atoms with Gasteiger partial charge in [-0.2, -0.15) is 0 Å². The van der Waals surface area contributed by atoms with Crippen molar-refractivity contribution in [2.75, 3.05) is 13.7 Å². The molecule has 0 radical (unpaired) electrons. The molecule has 1 unspecified atom stereocenters. The van der Waals surface area contributed by atoms with Crippen LogP contribution in [0.25, 0.3) is 0 Å². The van der Waals surface area contributed by atoms with Crippen molar-refractivity contribution in [2.45, 2.75) is 77.7 Å². The summed E-state index contributed by atoms with van der Waals surface area (Å²) < 4.78 is 4.89. The number of esters is 1. The predicted molar refractivity (Wildman–Crippen MR) is 109 cm³/mol. The number of nitrogens with zero attached hydrogens (tertiary/aromatic N) is 1. The highest BCUT2D eigenvalue weighted by atomic mass is 16.5. The standard InChI is InChI=1S/C23H35NO3/c1-18-11-13-20(14-12-18)15-16-22(25)24(17-19(2)23(26)27-3)21-9-7-5-4-6-8-10-21/h11-14,19,21H,4-10,15-17H2,1-3H3. The van der Waals surface area contributed by atoms with Crippen molar-refractivity contribution in [3.63, 3.8) is 0 Å². The lowest BCUT2D eigenvalue weighted by Gasteiger charge is -2.34. The Labute approximate surface area is 164 Å². The van der Waals surface area contributed by atoms with Crippen molar-refractivity contribution in [1.82, 2.24) is 4.90 Å². The van der Waals surface area contributed by atoms with E-state index < -0.39 is 0 Å². The summed E-state index contributed by atoms with van der Waals surface area (Å²) in [6, 6.07) is 8.62. The average molecular weight is 374 g/mol. The summed E-state index contributed by atoms with van der Waals surface area (Å²) >= 11 is 0. The van der Waals surface area contributed by atoms with Gasteiger partial charge in [-0.15, -0.1) is 0 Å². The van der Waals surface area contributed by atoms with Crippen LogP contribution in [-0.2, 0) is 20.7 Å². The monoisotopic (exact) mass is 373 g/mol. The largest absolute Gasteiger partial charge is 0.469 e. The van der Waals surface area contributed by atoms with Gasteiger partial charge in [0.25, 0.3) is 0 Å². The molecule has 0 saturated heterocycles. The second-order valence-electron chi connectivity index (χ2n) is 7.95. The van der Waals surface area contributed by atoms with Gasteiger partial charge >= 0.3 is 5.97 Å². The van der Waals surface area contributed by atoms with Crippen LogP contribution in [0.15, 0.2) is 24.3 Å². The van der Waals surface area contributed by atoms with Crippen LogP contribution in [-0.4, -0.2) is 36.5 Å². The fraction of sp³-hybridized carbons (Fsp3) is 0.652. The van der Waals surface area contributed by atoms with Gasteiger partial charge in [-0.05, 0) is 31.7 Å². The molecule has 1 aliphatic rings. The summed E-state index contributed by atoms with van der Waals surface area (Å²) in [6.07, 6.45) is 9.45. The van der Waals surface area contributed by atoms with Crippen LogP contribution in [0.3, 0.4) is 0 Å². The Balaban J connectivity index is 2.04. The van der Waals surface area contributed by atoms with Crippen LogP contribution in [0.2, 0.25) is 0 Å². The molecular formula is C23H35NO3. The van der Waals surface area contributed by atoms with Gasteiger partial charge in [-0.3, -0.25) is 9.59 Å². The first-order valence-corrected chi connectivity index (χ1v) is 10.4. The molecule has 1 aromatic rings. The van der Waals surface area contributed by atoms with Gasteiger partial charge in [-0.1, -0.05) is 68.9 Å². The molecule has 1 atom stereocenters. The Morgan fingerprint density at radius 3 is 2.26 bits per heavy atom. The van der Waals surface area contributed by atoms with E-state index in [0.29, 0.717) is 13.0 Å². The number of amides is 1. The lowest BCUT2D eigenvalue weighted by atomic mass is 9.94. The first-order valence-electron chi connectivity index (χ1n) is 10.4. The van der Waals surface area contributed by atoms with E-state index in [1.54, 1.807) is 0 Å². The molecule has 1 aliphatic carbocycles. The van der Waals surface area contributed by atoms with Crippen LogP contribution < -0.4 is 0 Å². The Bertz CT molecular complexity index is 588. The van der Waals surface area contributed by atoms with E-state index in [4.69, 9.17) is 4.74 Å². The lowest BCUT2D eigenvalue weighted by Crippen LogP contribution is -2.44. The Kier molecular flexibility index (Phi) is 8.83. The summed E-state index contributed by atoms with van der Waals surface area (Å²) in [4.78, 5) is 27.0. The highest BCUT2D eigenvalue weighted by Gasteiger charge is 2.27. The third-order valence-electron chi connectivity index (χ3n) is 5.66. The van der Waals surface area contributed by atoms with E-state index in [1.165, 1.54) is 50.3 Å². The molecule has 1 fully saturated rings. The zero-order chi connectivity index (χ0) is 19.6. The first-order chi connectivity index (χ1) is 13.0. The fourth-order valence-electron chi connectivity index (χ4n) is 3.92. The molecule has 0 N–H and O–H groups in total. The predicted octanol–water partition coefficient (Wildman–Crippen LogP) is 4.68. The van der Waals surface area contributed by atoms with Gasteiger partial charge in [-0.25, -0.2) is 0 Å². The van der Waals surface area contributed by atoms with Crippen molar-refractivity contribution in [2.24, 2.45) is 5.92 Å². The number of benzene rings is 1. The van der Waals surface area contributed by atoms with E-state index in [9.17, 15) is 9.59 Å². The molecule has 1 aromatic carbocycles. The topological polar surface area (TPSA) is 46.6 Å². The normalized spacial score (nSPS) is 16.9. The van der Waals surface area contributed by atoms with Gasteiger partial charge < -0.3 is 9.64 Å². The average Bonchev–Trinajstić information content (AvgIpc) is 2.65. The number of carbonyl (C=O) groups excluding carboxylic acids is 2. The molecule has 4 nitrogen and oxygen atoms in total. The molecular weight excluding hydrogens is 338 g/mol. The summed E-state index contributed by atoms with van der Waals surface area (Å²) in [5.74, 6) is -0.363. The van der Waals surface area contributed by atoms with Crippen LogP contribution in [0, 0.1) is 12.8 Å². The molecule has 150 valence electrons. The quantitative estimate of drug-likeness (QED) is 0.652. The molecule has 27 heavy (non-hydrogen) atoms. The van der Waals surface area contributed by atoms with Gasteiger partial charge in [0.1, 0.15) is 0 Å². The molecule has 0 heterocycles. The molecule has 0 bridgehead atoms. The molecule has 4 heteroatoms. The number of aryl methyl sites for hydroxylation is 2. The second kappa shape index (κ2) is 11.1. The maximum atomic E-state index is 13.1. The minimum absolute atomic E-state index is 0.164. The van der Waals surface area contributed by atoms with Crippen molar-refractivity contribution in [3.8, 4) is 0 Å². The molecule has 0 aliphatic heterocycles. The van der Waals surface area contributed by atoms with Gasteiger partial charge in [0, 0.05) is 19.0 Å².